The molecule has 10 nitrogen and oxygen atoms in total. The summed E-state index contributed by atoms with van der Waals surface area (Å²) < 4.78 is 5.29. The second-order valence-corrected chi connectivity index (χ2v) is 7.22. The van der Waals surface area contributed by atoms with Crippen LogP contribution >= 0.6 is 0 Å². The standard InChI is InChI=1S/C18H24N6O4/c1-12(2)18-20-16(28-21-18)11-23-7-5-22(6-8-23)10-14-4-3-13(17(19)25)9-15(14)24(26)27/h3-4,9,12H,5-8,10-11H2,1-2H3,(H2,19,25). The lowest BCUT2D eigenvalue weighted by molar-refractivity contribution is -0.385. The Hall–Kier alpha value is -2.85. The summed E-state index contributed by atoms with van der Waals surface area (Å²) in [6.07, 6.45) is 0. The second kappa shape index (κ2) is 8.44. The van der Waals surface area contributed by atoms with E-state index in [9.17, 15) is 14.9 Å². The number of nitrogens with zero attached hydrogens (tertiary/aromatic N) is 5. The molecule has 10 heteroatoms. The maximum Gasteiger partial charge on any atom is 0.274 e. The minimum absolute atomic E-state index is 0.0780. The van der Waals surface area contributed by atoms with Crippen LogP contribution in [-0.4, -0.2) is 56.9 Å². The van der Waals surface area contributed by atoms with E-state index in [1.54, 1.807) is 6.07 Å². The number of benzene rings is 1. The van der Waals surface area contributed by atoms with Gasteiger partial charge in [0.05, 0.1) is 11.5 Å². The van der Waals surface area contributed by atoms with Gasteiger partial charge < -0.3 is 10.3 Å². The highest BCUT2D eigenvalue weighted by Crippen LogP contribution is 2.23. The van der Waals surface area contributed by atoms with Crippen LogP contribution in [0.4, 0.5) is 5.69 Å². The van der Waals surface area contributed by atoms with Gasteiger partial charge in [-0.15, -0.1) is 0 Å². The Kier molecular flexibility index (Phi) is 6.00. The molecule has 0 radical (unpaired) electrons. The van der Waals surface area contributed by atoms with Gasteiger partial charge in [-0.1, -0.05) is 25.1 Å². The Morgan fingerprint density at radius 3 is 2.43 bits per heavy atom. The summed E-state index contributed by atoms with van der Waals surface area (Å²) in [7, 11) is 0. The number of aromatic nitrogens is 2. The van der Waals surface area contributed by atoms with Gasteiger partial charge in [-0.2, -0.15) is 4.98 Å². The van der Waals surface area contributed by atoms with Crippen LogP contribution in [0.15, 0.2) is 22.7 Å². The molecule has 1 aromatic carbocycles. The first-order valence-electron chi connectivity index (χ1n) is 9.17. The van der Waals surface area contributed by atoms with Crippen LogP contribution < -0.4 is 5.73 Å². The average Bonchev–Trinajstić information content (AvgIpc) is 3.12. The molecule has 1 aliphatic rings. The SMILES string of the molecule is CC(C)c1noc(CN2CCN(Cc3ccc(C(N)=O)cc3[N+](=O)[O-])CC2)n1. The topological polar surface area (TPSA) is 132 Å². The molecule has 2 heterocycles. The summed E-state index contributed by atoms with van der Waals surface area (Å²) >= 11 is 0. The van der Waals surface area contributed by atoms with Gasteiger partial charge in [0.2, 0.25) is 11.8 Å². The van der Waals surface area contributed by atoms with Crippen molar-refractivity contribution in [1.29, 1.82) is 0 Å². The monoisotopic (exact) mass is 388 g/mol. The molecule has 0 atom stereocenters. The number of nitrogens with two attached hydrogens (primary N) is 1. The number of amides is 1. The number of piperazine rings is 1. The lowest BCUT2D eigenvalue weighted by Crippen LogP contribution is -2.45. The van der Waals surface area contributed by atoms with E-state index in [1.807, 2.05) is 13.8 Å². The minimum atomic E-state index is -0.676. The maximum atomic E-state index is 11.3. The van der Waals surface area contributed by atoms with Crippen LogP contribution in [0.5, 0.6) is 0 Å². The fourth-order valence-electron chi connectivity index (χ4n) is 3.13. The Balaban J connectivity index is 1.58. The molecule has 150 valence electrons. The Labute approximate surface area is 162 Å². The molecule has 0 spiro atoms. The second-order valence-electron chi connectivity index (χ2n) is 7.22. The quantitative estimate of drug-likeness (QED) is 0.558. The van der Waals surface area contributed by atoms with Crippen molar-refractivity contribution in [2.24, 2.45) is 5.73 Å². The summed E-state index contributed by atoms with van der Waals surface area (Å²) in [5.74, 6) is 0.867. The molecule has 0 aliphatic carbocycles. The number of primary amides is 1. The Morgan fingerprint density at radius 1 is 1.25 bits per heavy atom. The van der Waals surface area contributed by atoms with E-state index in [1.165, 1.54) is 12.1 Å². The molecule has 1 aliphatic heterocycles. The van der Waals surface area contributed by atoms with Gasteiger partial charge in [-0.25, -0.2) is 0 Å². The van der Waals surface area contributed by atoms with Gasteiger partial charge in [-0.05, 0) is 6.07 Å². The summed E-state index contributed by atoms with van der Waals surface area (Å²) in [6, 6.07) is 4.38. The van der Waals surface area contributed by atoms with E-state index in [-0.39, 0.29) is 17.2 Å². The Morgan fingerprint density at radius 2 is 1.89 bits per heavy atom. The zero-order valence-corrected chi connectivity index (χ0v) is 16.0. The first-order chi connectivity index (χ1) is 13.3. The van der Waals surface area contributed by atoms with E-state index >= 15 is 0 Å². The van der Waals surface area contributed by atoms with Gasteiger partial charge in [0.15, 0.2) is 5.82 Å². The molecular formula is C18H24N6O4. The summed E-state index contributed by atoms with van der Waals surface area (Å²) in [4.78, 5) is 30.9. The van der Waals surface area contributed by atoms with Crippen molar-refractivity contribution in [2.75, 3.05) is 26.2 Å². The molecule has 1 amide bonds. The first-order valence-corrected chi connectivity index (χ1v) is 9.17. The predicted molar refractivity (Wildman–Crippen MR) is 101 cm³/mol. The molecule has 1 fully saturated rings. The average molecular weight is 388 g/mol. The van der Waals surface area contributed by atoms with Crippen molar-refractivity contribution in [3.63, 3.8) is 0 Å². The predicted octanol–water partition coefficient (Wildman–Crippen LogP) is 1.52. The van der Waals surface area contributed by atoms with Crippen molar-refractivity contribution in [1.82, 2.24) is 19.9 Å². The van der Waals surface area contributed by atoms with Crippen LogP contribution in [0.1, 0.15) is 47.4 Å². The number of rotatable bonds is 7. The molecule has 0 bridgehead atoms. The zero-order chi connectivity index (χ0) is 20.3. The highest BCUT2D eigenvalue weighted by molar-refractivity contribution is 5.93. The largest absolute Gasteiger partial charge is 0.366 e. The van der Waals surface area contributed by atoms with Gasteiger partial charge in [-0.3, -0.25) is 24.7 Å². The van der Waals surface area contributed by atoms with Crippen molar-refractivity contribution in [3.8, 4) is 0 Å². The zero-order valence-electron chi connectivity index (χ0n) is 16.0. The van der Waals surface area contributed by atoms with Crippen molar-refractivity contribution in [2.45, 2.75) is 32.9 Å². The molecule has 2 aromatic rings. The molecule has 2 N–H and O–H groups in total. The summed E-state index contributed by atoms with van der Waals surface area (Å²) in [6.45, 7) is 8.20. The van der Waals surface area contributed by atoms with Crippen LogP contribution in [0, 0.1) is 10.1 Å². The highest BCUT2D eigenvalue weighted by Gasteiger charge is 2.23. The molecular weight excluding hydrogens is 364 g/mol. The van der Waals surface area contributed by atoms with Crippen molar-refractivity contribution >= 4 is 11.6 Å². The van der Waals surface area contributed by atoms with E-state index in [2.05, 4.69) is 19.9 Å². The maximum absolute atomic E-state index is 11.3. The van der Waals surface area contributed by atoms with E-state index in [0.717, 1.165) is 26.2 Å². The third kappa shape index (κ3) is 4.70. The molecule has 0 unspecified atom stereocenters. The fourth-order valence-corrected chi connectivity index (χ4v) is 3.13. The number of carbonyl (C=O) groups excluding carboxylic acids is 1. The van der Waals surface area contributed by atoms with Crippen molar-refractivity contribution in [3.05, 3.63) is 51.2 Å². The van der Waals surface area contributed by atoms with Gasteiger partial charge >= 0.3 is 0 Å². The molecule has 3 rings (SSSR count). The van der Waals surface area contributed by atoms with Gasteiger partial charge in [0, 0.05) is 55.8 Å². The fraction of sp³-hybridized carbons (Fsp3) is 0.500. The van der Waals surface area contributed by atoms with Crippen LogP contribution in [-0.2, 0) is 13.1 Å². The van der Waals surface area contributed by atoms with Crippen molar-refractivity contribution < 1.29 is 14.2 Å². The molecule has 28 heavy (non-hydrogen) atoms. The Bertz CT molecular complexity index is 858. The number of nitro groups is 1. The van der Waals surface area contributed by atoms with Crippen LogP contribution in [0.3, 0.4) is 0 Å². The molecule has 0 saturated carbocycles. The molecule has 1 saturated heterocycles. The lowest BCUT2D eigenvalue weighted by atomic mass is 10.1. The highest BCUT2D eigenvalue weighted by atomic mass is 16.6. The van der Waals surface area contributed by atoms with E-state index in [0.29, 0.717) is 30.4 Å². The van der Waals surface area contributed by atoms with E-state index < -0.39 is 10.8 Å². The minimum Gasteiger partial charge on any atom is -0.366 e. The number of hydrogen-bond acceptors (Lipinski definition) is 8. The smallest absolute Gasteiger partial charge is 0.274 e. The van der Waals surface area contributed by atoms with Crippen LogP contribution in [0.2, 0.25) is 0 Å². The summed E-state index contributed by atoms with van der Waals surface area (Å²) in [5.41, 5.74) is 5.85. The third-order valence-corrected chi connectivity index (χ3v) is 4.78. The van der Waals surface area contributed by atoms with E-state index in [4.69, 9.17) is 10.3 Å². The normalized spacial score (nSPS) is 15.8. The third-order valence-electron chi connectivity index (χ3n) is 4.78. The summed E-state index contributed by atoms with van der Waals surface area (Å²) in [5, 5.41) is 15.3. The van der Waals surface area contributed by atoms with Gasteiger partial charge in [0.1, 0.15) is 0 Å². The van der Waals surface area contributed by atoms with Gasteiger partial charge in [0.25, 0.3) is 5.69 Å². The number of carbonyl (C=O) groups is 1. The van der Waals surface area contributed by atoms with Crippen LogP contribution in [0.25, 0.3) is 0 Å². The number of hydrogen-bond donors (Lipinski definition) is 1. The molecule has 1 aromatic heterocycles. The first kappa shape index (κ1) is 19.9. The number of nitro benzene ring substituents is 1. The lowest BCUT2D eigenvalue weighted by Gasteiger charge is -2.33.